The number of piperazine rings is 1. The van der Waals surface area contributed by atoms with Crippen LogP contribution in [0.15, 0.2) is 30.3 Å². The third-order valence-electron chi connectivity index (χ3n) is 6.36. The lowest BCUT2D eigenvalue weighted by Crippen LogP contribution is -2.47. The van der Waals surface area contributed by atoms with Crippen LogP contribution in [0, 0.1) is 0 Å². The topological polar surface area (TPSA) is 95.9 Å². The second-order valence-electron chi connectivity index (χ2n) is 8.96. The average Bonchev–Trinajstić information content (AvgIpc) is 3.16. The van der Waals surface area contributed by atoms with Gasteiger partial charge in [-0.2, -0.15) is 0 Å². The van der Waals surface area contributed by atoms with Crippen molar-refractivity contribution >= 4 is 23.2 Å². The van der Waals surface area contributed by atoms with Crippen LogP contribution in [0.25, 0.3) is 0 Å². The number of hydrogen-bond acceptors (Lipinski definition) is 5. The highest BCUT2D eigenvalue weighted by Gasteiger charge is 2.28. The number of nitrogen functional groups attached to an aromatic ring is 2. The van der Waals surface area contributed by atoms with E-state index in [9.17, 15) is 9.59 Å². The zero-order valence-electron chi connectivity index (χ0n) is 18.5. The normalized spacial score (nSPS) is 16.6. The number of amides is 2. The average molecular weight is 422 g/mol. The van der Waals surface area contributed by atoms with Crippen molar-refractivity contribution in [2.75, 3.05) is 44.7 Å². The first-order valence-corrected chi connectivity index (χ1v) is 10.8. The van der Waals surface area contributed by atoms with Crippen LogP contribution in [-0.2, 0) is 13.1 Å². The summed E-state index contributed by atoms with van der Waals surface area (Å²) in [5.74, 6) is 0.152. The van der Waals surface area contributed by atoms with Crippen molar-refractivity contribution in [2.45, 2.75) is 32.9 Å². The van der Waals surface area contributed by atoms with Gasteiger partial charge in [0.05, 0.1) is 5.56 Å². The van der Waals surface area contributed by atoms with E-state index in [0.29, 0.717) is 35.6 Å². The largest absolute Gasteiger partial charge is 0.398 e. The van der Waals surface area contributed by atoms with Crippen molar-refractivity contribution in [1.82, 2.24) is 14.7 Å². The molecular weight excluding hydrogens is 390 g/mol. The molecule has 164 valence electrons. The van der Waals surface area contributed by atoms with Gasteiger partial charge in [-0.25, -0.2) is 0 Å². The highest BCUT2D eigenvalue weighted by Crippen LogP contribution is 2.31. The summed E-state index contributed by atoms with van der Waals surface area (Å²) in [6, 6.07) is 9.29. The molecule has 2 amide bonds. The van der Waals surface area contributed by atoms with Crippen molar-refractivity contribution < 1.29 is 9.59 Å². The highest BCUT2D eigenvalue weighted by molar-refractivity contribution is 6.00. The number of anilines is 2. The number of rotatable bonds is 3. The van der Waals surface area contributed by atoms with Gasteiger partial charge in [0.1, 0.15) is 0 Å². The fraction of sp³-hybridized carbons (Fsp3) is 0.417. The van der Waals surface area contributed by atoms with Crippen LogP contribution >= 0.6 is 0 Å². The first-order chi connectivity index (χ1) is 14.7. The summed E-state index contributed by atoms with van der Waals surface area (Å²) in [6.45, 7) is 8.33. The maximum atomic E-state index is 13.2. The van der Waals surface area contributed by atoms with Gasteiger partial charge in [-0.3, -0.25) is 9.59 Å². The van der Waals surface area contributed by atoms with Crippen molar-refractivity contribution in [3.63, 3.8) is 0 Å². The first-order valence-electron chi connectivity index (χ1n) is 10.8. The number of fused-ring (bicyclic) bond motifs is 1. The van der Waals surface area contributed by atoms with E-state index >= 15 is 0 Å². The van der Waals surface area contributed by atoms with E-state index in [-0.39, 0.29) is 17.7 Å². The maximum Gasteiger partial charge on any atom is 0.256 e. The van der Waals surface area contributed by atoms with Crippen LogP contribution in [0.5, 0.6) is 0 Å². The van der Waals surface area contributed by atoms with E-state index in [1.165, 1.54) is 0 Å². The van der Waals surface area contributed by atoms with Crippen LogP contribution in [0.3, 0.4) is 0 Å². The van der Waals surface area contributed by atoms with Crippen LogP contribution in [0.4, 0.5) is 11.4 Å². The third kappa shape index (κ3) is 4.10. The van der Waals surface area contributed by atoms with Crippen molar-refractivity contribution in [3.8, 4) is 0 Å². The van der Waals surface area contributed by atoms with Gasteiger partial charge in [0, 0.05) is 56.2 Å². The predicted octanol–water partition coefficient (Wildman–Crippen LogP) is 2.52. The van der Waals surface area contributed by atoms with Gasteiger partial charge in [-0.05, 0) is 53.9 Å². The molecule has 7 heteroatoms. The molecule has 0 spiro atoms. The van der Waals surface area contributed by atoms with E-state index < -0.39 is 0 Å². The fourth-order valence-corrected chi connectivity index (χ4v) is 4.37. The van der Waals surface area contributed by atoms with Gasteiger partial charge in [0.2, 0.25) is 0 Å². The van der Waals surface area contributed by atoms with Crippen molar-refractivity contribution in [2.24, 2.45) is 0 Å². The van der Waals surface area contributed by atoms with Crippen LogP contribution < -0.4 is 11.5 Å². The van der Waals surface area contributed by atoms with E-state index in [0.717, 1.165) is 42.9 Å². The molecule has 4 N–H and O–H groups in total. The first kappa shape index (κ1) is 21.2. The van der Waals surface area contributed by atoms with Gasteiger partial charge in [-0.1, -0.05) is 19.9 Å². The van der Waals surface area contributed by atoms with Gasteiger partial charge < -0.3 is 26.2 Å². The predicted molar refractivity (Wildman–Crippen MR) is 123 cm³/mol. The van der Waals surface area contributed by atoms with Gasteiger partial charge in [0.25, 0.3) is 11.8 Å². The molecule has 2 heterocycles. The summed E-state index contributed by atoms with van der Waals surface area (Å²) < 4.78 is 0. The molecule has 2 aliphatic rings. The molecule has 0 radical (unpaired) electrons. The molecule has 0 aliphatic carbocycles. The second-order valence-corrected chi connectivity index (χ2v) is 8.96. The fourth-order valence-electron chi connectivity index (χ4n) is 4.37. The summed E-state index contributed by atoms with van der Waals surface area (Å²) in [4.78, 5) is 32.1. The molecule has 0 bridgehead atoms. The van der Waals surface area contributed by atoms with Gasteiger partial charge in [0.15, 0.2) is 0 Å². The van der Waals surface area contributed by atoms with Gasteiger partial charge in [-0.15, -0.1) is 0 Å². The number of hydrogen-bond donors (Lipinski definition) is 2. The number of likely N-dealkylation sites (N-methyl/N-ethyl adjacent to an activating group) is 1. The summed E-state index contributed by atoms with van der Waals surface area (Å²) in [5, 5.41) is 0. The highest BCUT2D eigenvalue weighted by atomic mass is 16.2. The molecule has 4 rings (SSSR count). The molecule has 1 fully saturated rings. The Bertz CT molecular complexity index is 1020. The maximum absolute atomic E-state index is 13.2. The summed E-state index contributed by atoms with van der Waals surface area (Å²) in [6.07, 6.45) is 0. The lowest BCUT2D eigenvalue weighted by atomic mass is 9.97. The van der Waals surface area contributed by atoms with Crippen LogP contribution in [-0.4, -0.2) is 59.7 Å². The number of nitrogens with two attached hydrogens (primary N) is 2. The summed E-state index contributed by atoms with van der Waals surface area (Å²) in [7, 11) is 2.07. The Labute approximate surface area is 183 Å². The molecule has 1 saturated heterocycles. The van der Waals surface area contributed by atoms with E-state index in [1.807, 2.05) is 43.0 Å². The lowest BCUT2D eigenvalue weighted by molar-refractivity contribution is 0.0664. The minimum Gasteiger partial charge on any atom is -0.398 e. The Kier molecular flexibility index (Phi) is 5.62. The molecule has 0 atom stereocenters. The number of nitrogens with zero attached hydrogens (tertiary/aromatic N) is 3. The molecule has 2 aromatic carbocycles. The number of carbonyl (C=O) groups is 2. The number of carbonyl (C=O) groups excluding carboxylic acids is 2. The molecule has 0 aromatic heterocycles. The zero-order valence-corrected chi connectivity index (χ0v) is 18.5. The van der Waals surface area contributed by atoms with E-state index in [1.54, 1.807) is 11.0 Å². The molecular formula is C24H31N5O2. The molecule has 7 nitrogen and oxygen atoms in total. The molecule has 31 heavy (non-hydrogen) atoms. The minimum atomic E-state index is -0.109. The van der Waals surface area contributed by atoms with Gasteiger partial charge >= 0.3 is 0 Å². The molecule has 0 saturated carbocycles. The number of benzene rings is 2. The zero-order chi connectivity index (χ0) is 22.3. The third-order valence-corrected chi connectivity index (χ3v) is 6.36. The Morgan fingerprint density at radius 1 is 0.839 bits per heavy atom. The van der Waals surface area contributed by atoms with Crippen LogP contribution in [0.1, 0.15) is 57.2 Å². The molecule has 0 unspecified atom stereocenters. The standard InChI is InChI=1S/C24H31N5O2/c1-15(2)19-11-20(22(26)12-21(19)25)24(31)29-13-17-5-4-16(10-18(17)14-29)23(30)28-8-6-27(3)7-9-28/h4-5,10-12,15H,6-9,13-14,25-26H2,1-3H3. The Hall–Kier alpha value is -3.06. The molecule has 2 aromatic rings. The Balaban J connectivity index is 1.52. The summed E-state index contributed by atoms with van der Waals surface area (Å²) >= 11 is 0. The minimum absolute atomic E-state index is 0.0602. The van der Waals surface area contributed by atoms with Crippen molar-refractivity contribution in [1.29, 1.82) is 0 Å². The Morgan fingerprint density at radius 2 is 1.52 bits per heavy atom. The van der Waals surface area contributed by atoms with E-state index in [2.05, 4.69) is 11.9 Å². The van der Waals surface area contributed by atoms with Crippen molar-refractivity contribution in [3.05, 3.63) is 58.1 Å². The molecule has 2 aliphatic heterocycles. The lowest BCUT2D eigenvalue weighted by Gasteiger charge is -2.32. The van der Waals surface area contributed by atoms with Crippen LogP contribution in [0.2, 0.25) is 0 Å². The quantitative estimate of drug-likeness (QED) is 0.743. The summed E-state index contributed by atoms with van der Waals surface area (Å²) in [5.41, 5.74) is 17.4. The second kappa shape index (κ2) is 8.23. The SMILES string of the molecule is CC(C)c1cc(C(=O)N2Cc3ccc(C(=O)N4CCN(C)CC4)cc3C2)c(N)cc1N. The Morgan fingerprint density at radius 3 is 2.19 bits per heavy atom. The monoisotopic (exact) mass is 421 g/mol. The van der Waals surface area contributed by atoms with E-state index in [4.69, 9.17) is 11.5 Å². The smallest absolute Gasteiger partial charge is 0.256 e.